The first kappa shape index (κ1) is 41.0. The normalized spacial score (nSPS) is 13.6. The van der Waals surface area contributed by atoms with E-state index in [0.717, 1.165) is 57.4 Å². The quantitative estimate of drug-likeness (QED) is 0.186. The fourth-order valence-corrected chi connectivity index (χ4v) is 4.98. The van der Waals surface area contributed by atoms with Gasteiger partial charge in [0.2, 0.25) is 12.3 Å². The highest BCUT2D eigenvalue weighted by atomic mass is 32.2. The molecule has 0 spiro atoms. The van der Waals surface area contributed by atoms with E-state index in [2.05, 4.69) is 48.0 Å². The highest BCUT2D eigenvalue weighted by Crippen LogP contribution is 2.36. The molecule has 1 atom stereocenters. The van der Waals surface area contributed by atoms with Crippen molar-refractivity contribution in [3.8, 4) is 12.1 Å². The maximum atomic E-state index is 12.7. The largest absolute Gasteiger partial charge is 0.349 e. The molecule has 3 N–H and O–H groups in total. The standard InChI is InChI=1S/C25H32N2OS.C4H6N2O.C4H9NO.C2H3N/c1-3-29-25(2,19-26)23-11-7-8-20(18-23)12-15-27-16-13-22(14-17-27)24(28)21-9-5-4-6-10-21;1-4(7)6-3-2-5;1-3-5(2)4-6;1-2-3/h3-11,18,22H,1,12-17,19,26H2,2H3;3H2,1H3,(H,6,7);4H,3H2,1-2H3;1H3. The summed E-state index contributed by atoms with van der Waals surface area (Å²) in [7, 11) is 1.74. The number of nitrogens with zero attached hydrogens (tertiary/aromatic N) is 4. The van der Waals surface area contributed by atoms with Crippen LogP contribution in [0.1, 0.15) is 62.0 Å². The van der Waals surface area contributed by atoms with Crippen LogP contribution in [0.3, 0.4) is 0 Å². The molecule has 0 saturated carbocycles. The van der Waals surface area contributed by atoms with E-state index in [4.69, 9.17) is 16.3 Å². The molecule has 45 heavy (non-hydrogen) atoms. The number of carbonyl (C=O) groups excluding carboxylic acids is 3. The molecule has 1 unspecified atom stereocenters. The van der Waals surface area contributed by atoms with Gasteiger partial charge in [-0.25, -0.2) is 0 Å². The number of hydrogen-bond donors (Lipinski definition) is 2. The average molecular weight is 635 g/mol. The molecule has 1 heterocycles. The highest BCUT2D eigenvalue weighted by molar-refractivity contribution is 8.03. The lowest BCUT2D eigenvalue weighted by Gasteiger charge is -2.31. The molecule has 9 nitrogen and oxygen atoms in total. The average Bonchev–Trinajstić information content (AvgIpc) is 3.07. The van der Waals surface area contributed by atoms with E-state index in [1.54, 1.807) is 35.8 Å². The van der Waals surface area contributed by atoms with Gasteiger partial charge in [-0.2, -0.15) is 10.5 Å². The van der Waals surface area contributed by atoms with Crippen molar-refractivity contribution < 1.29 is 14.4 Å². The predicted octanol–water partition coefficient (Wildman–Crippen LogP) is 5.15. The molecule has 10 heteroatoms. The predicted molar refractivity (Wildman–Crippen MR) is 184 cm³/mol. The molecular weight excluding hydrogens is 584 g/mol. The van der Waals surface area contributed by atoms with Gasteiger partial charge in [0.05, 0.1) is 16.9 Å². The van der Waals surface area contributed by atoms with Crippen molar-refractivity contribution in [1.29, 1.82) is 10.5 Å². The Kier molecular flexibility index (Phi) is 22.2. The van der Waals surface area contributed by atoms with E-state index in [0.29, 0.717) is 12.3 Å². The van der Waals surface area contributed by atoms with Crippen molar-refractivity contribution >= 4 is 29.9 Å². The summed E-state index contributed by atoms with van der Waals surface area (Å²) in [6.07, 6.45) is 3.73. The first-order chi connectivity index (χ1) is 21.5. The minimum absolute atomic E-state index is 0.106. The second-order valence-corrected chi connectivity index (χ2v) is 12.0. The maximum Gasteiger partial charge on any atom is 0.217 e. The summed E-state index contributed by atoms with van der Waals surface area (Å²) in [4.78, 5) is 36.3. The third-order valence-corrected chi connectivity index (χ3v) is 8.19. The summed E-state index contributed by atoms with van der Waals surface area (Å²) in [6.45, 7) is 15.3. The topological polar surface area (TPSA) is 143 Å². The second kappa shape index (κ2) is 24.4. The van der Waals surface area contributed by atoms with Crippen molar-refractivity contribution in [2.24, 2.45) is 11.7 Å². The van der Waals surface area contributed by atoms with Gasteiger partial charge in [0.25, 0.3) is 0 Å². The third kappa shape index (κ3) is 17.2. The fraction of sp³-hybridized carbons (Fsp3) is 0.457. The van der Waals surface area contributed by atoms with E-state index >= 15 is 0 Å². The number of likely N-dealkylation sites (tertiary alicyclic amines) is 1. The zero-order valence-electron chi connectivity index (χ0n) is 27.5. The zero-order valence-corrected chi connectivity index (χ0v) is 28.3. The van der Waals surface area contributed by atoms with Gasteiger partial charge in [-0.05, 0) is 62.7 Å². The molecule has 0 bridgehead atoms. The van der Waals surface area contributed by atoms with Crippen molar-refractivity contribution in [3.63, 3.8) is 0 Å². The fourth-order valence-electron chi connectivity index (χ4n) is 4.26. The summed E-state index contributed by atoms with van der Waals surface area (Å²) in [5, 5.41) is 19.3. The number of hydrogen-bond acceptors (Lipinski definition) is 8. The highest BCUT2D eigenvalue weighted by Gasteiger charge is 2.26. The Balaban J connectivity index is 0.000000999. The molecule has 2 aromatic rings. The second-order valence-electron chi connectivity index (χ2n) is 10.5. The summed E-state index contributed by atoms with van der Waals surface area (Å²) in [6, 6.07) is 22.0. The Morgan fingerprint density at radius 1 is 1.18 bits per heavy atom. The molecule has 1 fully saturated rings. The summed E-state index contributed by atoms with van der Waals surface area (Å²) in [5.74, 6) is 0.304. The number of ketones is 1. The molecule has 0 aliphatic carbocycles. The number of nitrogens with two attached hydrogens (primary N) is 1. The monoisotopic (exact) mass is 634 g/mol. The summed E-state index contributed by atoms with van der Waals surface area (Å²) < 4.78 is -0.131. The van der Waals surface area contributed by atoms with Gasteiger partial charge in [0.1, 0.15) is 6.54 Å². The minimum Gasteiger partial charge on any atom is -0.349 e. The van der Waals surface area contributed by atoms with Gasteiger partial charge >= 0.3 is 0 Å². The molecule has 0 aromatic heterocycles. The van der Waals surface area contributed by atoms with Gasteiger partial charge < -0.3 is 20.9 Å². The molecule has 1 saturated heterocycles. The SMILES string of the molecule is C=CSC(C)(CN)c1cccc(CCN2CCC(C(=O)c3ccccc3)CC2)c1.CC#N.CC(=O)NCC#N.CCN(C)C=O. The molecule has 1 aliphatic rings. The number of nitriles is 2. The lowest BCUT2D eigenvalue weighted by molar-refractivity contribution is -0.119. The van der Waals surface area contributed by atoms with E-state index in [-0.39, 0.29) is 23.1 Å². The third-order valence-electron chi connectivity index (χ3n) is 7.10. The van der Waals surface area contributed by atoms with Crippen LogP contribution in [0.15, 0.2) is 66.6 Å². The number of amides is 2. The number of rotatable bonds is 12. The van der Waals surface area contributed by atoms with Crippen molar-refractivity contribution in [1.82, 2.24) is 15.1 Å². The lowest BCUT2D eigenvalue weighted by Crippen LogP contribution is -2.37. The van der Waals surface area contributed by atoms with Gasteiger partial charge in [-0.1, -0.05) is 61.2 Å². The molecule has 244 valence electrons. The zero-order chi connectivity index (χ0) is 34.1. The van der Waals surface area contributed by atoms with Crippen molar-refractivity contribution in [2.45, 2.75) is 51.7 Å². The molecule has 2 aromatic carbocycles. The van der Waals surface area contributed by atoms with Gasteiger partial charge in [-0.3, -0.25) is 14.4 Å². The van der Waals surface area contributed by atoms with Crippen LogP contribution in [0, 0.1) is 28.6 Å². The number of thioether (sulfide) groups is 1. The van der Waals surface area contributed by atoms with Crippen LogP contribution in [0.25, 0.3) is 0 Å². The number of nitrogens with one attached hydrogen (secondary N) is 1. The number of carbonyl (C=O) groups is 3. The number of piperidine rings is 1. The van der Waals surface area contributed by atoms with Crippen molar-refractivity contribution in [3.05, 3.63) is 83.3 Å². The van der Waals surface area contributed by atoms with E-state index in [1.165, 1.54) is 25.0 Å². The molecule has 0 radical (unpaired) electrons. The van der Waals surface area contributed by atoms with Crippen LogP contribution in [-0.2, 0) is 20.8 Å². The van der Waals surface area contributed by atoms with E-state index < -0.39 is 0 Å². The first-order valence-electron chi connectivity index (χ1n) is 15.0. The lowest BCUT2D eigenvalue weighted by atomic mass is 9.89. The van der Waals surface area contributed by atoms with E-state index in [1.807, 2.05) is 42.7 Å². The van der Waals surface area contributed by atoms with E-state index in [9.17, 15) is 14.4 Å². The maximum absolute atomic E-state index is 12.7. The van der Waals surface area contributed by atoms with Gasteiger partial charge in [0.15, 0.2) is 5.78 Å². The molecule has 2 amide bonds. The Bertz CT molecular complexity index is 1240. The Morgan fingerprint density at radius 2 is 1.80 bits per heavy atom. The number of Topliss-reactive ketones (excluding diaryl/α,β-unsaturated/α-hetero) is 1. The van der Waals surface area contributed by atoms with Crippen LogP contribution < -0.4 is 11.1 Å². The van der Waals surface area contributed by atoms with Gasteiger partial charge in [-0.15, -0.1) is 11.8 Å². The Hall–Kier alpha value is -3.96. The Morgan fingerprint density at radius 3 is 2.24 bits per heavy atom. The molecular formula is C35H50N6O3S. The molecule has 1 aliphatic heterocycles. The van der Waals surface area contributed by atoms with Crippen LogP contribution >= 0.6 is 11.8 Å². The smallest absolute Gasteiger partial charge is 0.217 e. The first-order valence-corrected chi connectivity index (χ1v) is 15.9. The van der Waals surface area contributed by atoms with Crippen LogP contribution in [0.4, 0.5) is 0 Å². The van der Waals surface area contributed by atoms with Crippen molar-refractivity contribution in [2.75, 3.05) is 46.3 Å². The Labute approximate surface area is 274 Å². The minimum atomic E-state index is -0.165. The van der Waals surface area contributed by atoms with Crippen LogP contribution in [0.5, 0.6) is 0 Å². The van der Waals surface area contributed by atoms with Gasteiger partial charge in [0, 0.05) is 52.0 Å². The number of benzene rings is 2. The van der Waals surface area contributed by atoms with Crippen LogP contribution in [-0.4, -0.2) is 74.2 Å². The molecule has 3 rings (SSSR count). The summed E-state index contributed by atoms with van der Waals surface area (Å²) >= 11 is 1.68. The van der Waals surface area contributed by atoms with Crippen LogP contribution in [0.2, 0.25) is 0 Å². The summed E-state index contributed by atoms with van der Waals surface area (Å²) in [5.41, 5.74) is 9.49.